The molecule has 1 aromatic carbocycles. The van der Waals surface area contributed by atoms with E-state index in [4.69, 9.17) is 15.2 Å². The van der Waals surface area contributed by atoms with Crippen molar-refractivity contribution in [2.45, 2.75) is 75.5 Å². The van der Waals surface area contributed by atoms with Gasteiger partial charge in [-0.3, -0.25) is 4.79 Å². The van der Waals surface area contributed by atoms with Crippen molar-refractivity contribution in [1.82, 2.24) is 4.90 Å². The van der Waals surface area contributed by atoms with E-state index in [0.29, 0.717) is 31.8 Å². The Morgan fingerprint density at radius 2 is 1.76 bits per heavy atom. The molecule has 29 heavy (non-hydrogen) atoms. The molecule has 2 atom stereocenters. The van der Waals surface area contributed by atoms with E-state index in [1.807, 2.05) is 4.90 Å². The van der Waals surface area contributed by atoms with Gasteiger partial charge >= 0.3 is 0 Å². The van der Waals surface area contributed by atoms with Gasteiger partial charge < -0.3 is 20.1 Å². The van der Waals surface area contributed by atoms with Crippen molar-refractivity contribution >= 4 is 5.91 Å². The Labute approximate surface area is 174 Å². The Kier molecular flexibility index (Phi) is 7.22. The van der Waals surface area contributed by atoms with Crippen molar-refractivity contribution in [3.8, 4) is 0 Å². The summed E-state index contributed by atoms with van der Waals surface area (Å²) in [5.74, 6) is 1.02. The highest BCUT2D eigenvalue weighted by molar-refractivity contribution is 5.79. The molecule has 0 aromatic heterocycles. The number of nitrogens with zero attached hydrogens (tertiary/aromatic N) is 1. The first-order valence-corrected chi connectivity index (χ1v) is 11.5. The van der Waals surface area contributed by atoms with Crippen molar-refractivity contribution in [2.75, 3.05) is 26.4 Å². The summed E-state index contributed by atoms with van der Waals surface area (Å²) >= 11 is 0. The van der Waals surface area contributed by atoms with Gasteiger partial charge in [0.2, 0.25) is 5.91 Å². The van der Waals surface area contributed by atoms with Crippen LogP contribution in [0.5, 0.6) is 0 Å². The molecule has 1 aliphatic carbocycles. The number of nitrogens with two attached hydrogens (primary N) is 1. The van der Waals surface area contributed by atoms with E-state index in [2.05, 4.69) is 30.3 Å². The predicted octanol–water partition coefficient (Wildman–Crippen LogP) is 3.47. The van der Waals surface area contributed by atoms with E-state index in [1.54, 1.807) is 0 Å². The number of ether oxygens (including phenoxy) is 2. The summed E-state index contributed by atoms with van der Waals surface area (Å²) in [5.41, 5.74) is 7.90. The van der Waals surface area contributed by atoms with Crippen molar-refractivity contribution in [1.29, 1.82) is 0 Å². The maximum absolute atomic E-state index is 13.1. The molecule has 0 radical (unpaired) electrons. The maximum atomic E-state index is 13.1. The minimum absolute atomic E-state index is 0.0194. The van der Waals surface area contributed by atoms with Gasteiger partial charge in [-0.15, -0.1) is 0 Å². The van der Waals surface area contributed by atoms with Crippen molar-refractivity contribution in [3.63, 3.8) is 0 Å². The molecule has 1 amide bonds. The summed E-state index contributed by atoms with van der Waals surface area (Å²) in [6.07, 6.45) is 8.48. The SMILES string of the molecule is N[C@H]1CCCN(C(=O)C2CCOCC2)[C@H]1CO[C@H]1CC[C@@H](c2ccccc2)CC1. The van der Waals surface area contributed by atoms with Crippen LogP contribution in [0.4, 0.5) is 0 Å². The average molecular weight is 401 g/mol. The molecule has 2 heterocycles. The van der Waals surface area contributed by atoms with Crippen LogP contribution in [0.15, 0.2) is 30.3 Å². The first-order valence-electron chi connectivity index (χ1n) is 11.5. The summed E-state index contributed by atoms with van der Waals surface area (Å²) in [6.45, 7) is 2.79. The largest absolute Gasteiger partial charge is 0.381 e. The normalized spacial score (nSPS) is 31.6. The molecule has 0 spiro atoms. The molecule has 0 unspecified atom stereocenters. The van der Waals surface area contributed by atoms with Crippen LogP contribution in [-0.2, 0) is 14.3 Å². The van der Waals surface area contributed by atoms with Gasteiger partial charge in [-0.05, 0) is 62.8 Å². The van der Waals surface area contributed by atoms with E-state index < -0.39 is 0 Å². The van der Waals surface area contributed by atoms with E-state index in [-0.39, 0.29) is 23.9 Å². The van der Waals surface area contributed by atoms with E-state index in [9.17, 15) is 4.79 Å². The lowest BCUT2D eigenvalue weighted by molar-refractivity contribution is -0.145. The quantitative estimate of drug-likeness (QED) is 0.822. The van der Waals surface area contributed by atoms with Crippen LogP contribution < -0.4 is 5.73 Å². The van der Waals surface area contributed by atoms with Gasteiger partial charge in [0.25, 0.3) is 0 Å². The summed E-state index contributed by atoms with van der Waals surface area (Å²) < 4.78 is 11.8. The zero-order chi connectivity index (χ0) is 20.1. The number of carbonyl (C=O) groups is 1. The van der Waals surface area contributed by atoms with Crippen LogP contribution in [-0.4, -0.2) is 55.4 Å². The molecule has 5 nitrogen and oxygen atoms in total. The third-order valence-electron chi connectivity index (χ3n) is 7.13. The van der Waals surface area contributed by atoms with Gasteiger partial charge in [0, 0.05) is 31.7 Å². The lowest BCUT2D eigenvalue weighted by atomic mass is 9.83. The molecule has 1 aromatic rings. The summed E-state index contributed by atoms with van der Waals surface area (Å²) in [4.78, 5) is 15.2. The first-order chi connectivity index (χ1) is 14.2. The predicted molar refractivity (Wildman–Crippen MR) is 114 cm³/mol. The Morgan fingerprint density at radius 3 is 2.48 bits per heavy atom. The summed E-state index contributed by atoms with van der Waals surface area (Å²) in [5, 5.41) is 0. The fourth-order valence-electron chi connectivity index (χ4n) is 5.28. The van der Waals surface area contributed by atoms with Crippen LogP contribution in [0.1, 0.15) is 62.8 Å². The number of benzene rings is 1. The fraction of sp³-hybridized carbons (Fsp3) is 0.708. The van der Waals surface area contributed by atoms with Gasteiger partial charge in [0.1, 0.15) is 0 Å². The molecule has 160 valence electrons. The highest BCUT2D eigenvalue weighted by Gasteiger charge is 2.36. The van der Waals surface area contributed by atoms with Gasteiger partial charge in [-0.2, -0.15) is 0 Å². The molecular formula is C24H36N2O3. The molecule has 5 heteroatoms. The smallest absolute Gasteiger partial charge is 0.226 e. The molecule has 2 N–H and O–H groups in total. The highest BCUT2D eigenvalue weighted by atomic mass is 16.5. The third kappa shape index (κ3) is 5.19. The molecule has 2 aliphatic heterocycles. The van der Waals surface area contributed by atoms with Crippen LogP contribution in [0.25, 0.3) is 0 Å². The fourth-order valence-corrected chi connectivity index (χ4v) is 5.28. The number of piperidine rings is 1. The Balaban J connectivity index is 1.29. The molecule has 1 saturated carbocycles. The Morgan fingerprint density at radius 1 is 1.03 bits per heavy atom. The number of rotatable bonds is 5. The zero-order valence-electron chi connectivity index (χ0n) is 17.5. The number of amides is 1. The molecular weight excluding hydrogens is 364 g/mol. The number of likely N-dealkylation sites (tertiary alicyclic amines) is 1. The standard InChI is InChI=1S/C24H36N2O3/c25-22-7-4-14-26(24(27)20-12-15-28-16-13-20)23(22)17-29-21-10-8-19(9-11-21)18-5-2-1-3-6-18/h1-3,5-6,19-23H,4,7-17,25H2/t19-,21+,22-,23-/m0/s1. The second-order valence-corrected chi connectivity index (χ2v) is 9.01. The van der Waals surface area contributed by atoms with E-state index in [0.717, 1.165) is 45.1 Å². The maximum Gasteiger partial charge on any atom is 0.226 e. The second-order valence-electron chi connectivity index (χ2n) is 9.01. The van der Waals surface area contributed by atoms with Crippen molar-refractivity contribution in [3.05, 3.63) is 35.9 Å². The topological polar surface area (TPSA) is 64.8 Å². The number of hydrogen-bond acceptors (Lipinski definition) is 4. The van der Waals surface area contributed by atoms with Crippen LogP contribution >= 0.6 is 0 Å². The van der Waals surface area contributed by atoms with Crippen molar-refractivity contribution < 1.29 is 14.3 Å². The van der Waals surface area contributed by atoms with Gasteiger partial charge in [0.15, 0.2) is 0 Å². The Hall–Kier alpha value is -1.43. The number of carbonyl (C=O) groups excluding carboxylic acids is 1. The minimum atomic E-state index is 0.0194. The van der Waals surface area contributed by atoms with Crippen LogP contribution in [0.2, 0.25) is 0 Å². The van der Waals surface area contributed by atoms with Crippen molar-refractivity contribution in [2.24, 2.45) is 11.7 Å². The first kappa shape index (κ1) is 20.8. The third-order valence-corrected chi connectivity index (χ3v) is 7.13. The monoisotopic (exact) mass is 400 g/mol. The van der Waals surface area contributed by atoms with Gasteiger partial charge in [-0.1, -0.05) is 30.3 Å². The average Bonchev–Trinajstić information content (AvgIpc) is 2.79. The van der Waals surface area contributed by atoms with Crippen LogP contribution in [0, 0.1) is 5.92 Å². The lowest BCUT2D eigenvalue weighted by Crippen LogP contribution is -2.58. The molecule has 3 fully saturated rings. The lowest BCUT2D eigenvalue weighted by Gasteiger charge is -2.42. The molecule has 4 rings (SSSR count). The van der Waals surface area contributed by atoms with E-state index in [1.165, 1.54) is 18.4 Å². The zero-order valence-corrected chi connectivity index (χ0v) is 17.5. The summed E-state index contributed by atoms with van der Waals surface area (Å²) in [7, 11) is 0. The second kappa shape index (κ2) is 10.1. The minimum Gasteiger partial charge on any atom is -0.381 e. The highest BCUT2D eigenvalue weighted by Crippen LogP contribution is 2.34. The summed E-state index contributed by atoms with van der Waals surface area (Å²) in [6, 6.07) is 10.9. The van der Waals surface area contributed by atoms with Crippen LogP contribution in [0.3, 0.4) is 0 Å². The van der Waals surface area contributed by atoms with Gasteiger partial charge in [-0.25, -0.2) is 0 Å². The molecule has 0 bridgehead atoms. The number of hydrogen-bond donors (Lipinski definition) is 1. The molecule has 3 aliphatic rings. The molecule has 2 saturated heterocycles. The van der Waals surface area contributed by atoms with E-state index >= 15 is 0 Å². The Bertz CT molecular complexity index is 639. The van der Waals surface area contributed by atoms with Gasteiger partial charge in [0.05, 0.1) is 18.8 Å².